The highest BCUT2D eigenvalue weighted by atomic mass is 16.5. The van der Waals surface area contributed by atoms with Crippen molar-refractivity contribution < 1.29 is 9.53 Å². The zero-order valence-electron chi connectivity index (χ0n) is 17.1. The molecule has 2 aromatic rings. The maximum Gasteiger partial charge on any atom is 0.266 e. The van der Waals surface area contributed by atoms with Gasteiger partial charge in [-0.15, -0.1) is 0 Å². The van der Waals surface area contributed by atoms with Gasteiger partial charge in [-0.05, 0) is 52.0 Å². The fourth-order valence-corrected chi connectivity index (χ4v) is 2.44. The Hall–Kier alpha value is -2.81. The van der Waals surface area contributed by atoms with Crippen LogP contribution < -0.4 is 10.1 Å². The number of anilines is 1. The Morgan fingerprint density at radius 2 is 1.78 bits per heavy atom. The van der Waals surface area contributed by atoms with Crippen molar-refractivity contribution in [2.75, 3.05) is 5.32 Å². The third-order valence-electron chi connectivity index (χ3n) is 4.03. The lowest BCUT2D eigenvalue weighted by Crippen LogP contribution is -2.33. The van der Waals surface area contributed by atoms with Crippen LogP contribution in [-0.4, -0.2) is 21.8 Å². The molecule has 1 unspecified atom stereocenters. The van der Waals surface area contributed by atoms with Crippen molar-refractivity contribution in [3.05, 3.63) is 41.6 Å². The van der Waals surface area contributed by atoms with Gasteiger partial charge in [0.25, 0.3) is 5.91 Å². The largest absolute Gasteiger partial charge is 0.481 e. The minimum atomic E-state index is -0.695. The van der Waals surface area contributed by atoms with Crippen molar-refractivity contribution in [1.82, 2.24) is 9.78 Å². The lowest BCUT2D eigenvalue weighted by molar-refractivity contribution is -0.122. The van der Waals surface area contributed by atoms with Gasteiger partial charge in [0.1, 0.15) is 11.6 Å². The summed E-state index contributed by atoms with van der Waals surface area (Å²) in [6, 6.07) is 10.6. The number of nitrogens with one attached hydrogen (secondary N) is 1. The van der Waals surface area contributed by atoms with E-state index in [-0.39, 0.29) is 16.9 Å². The molecule has 1 heterocycles. The lowest BCUT2D eigenvalue weighted by atomic mass is 9.92. The van der Waals surface area contributed by atoms with Gasteiger partial charge in [0, 0.05) is 11.5 Å². The molecule has 144 valence electrons. The summed E-state index contributed by atoms with van der Waals surface area (Å²) >= 11 is 0. The van der Waals surface area contributed by atoms with E-state index in [1.54, 1.807) is 31.2 Å². The number of amides is 1. The Morgan fingerprint density at radius 1 is 1.19 bits per heavy atom. The Morgan fingerprint density at radius 3 is 2.26 bits per heavy atom. The molecule has 0 aliphatic carbocycles. The van der Waals surface area contributed by atoms with Crippen LogP contribution in [-0.2, 0) is 15.7 Å². The number of hydrogen-bond donors (Lipinski definition) is 1. The number of ether oxygens (including phenoxy) is 1. The molecule has 1 amide bonds. The fourth-order valence-electron chi connectivity index (χ4n) is 2.44. The molecule has 6 nitrogen and oxygen atoms in total. The summed E-state index contributed by atoms with van der Waals surface area (Å²) in [5.41, 5.74) is 1.06. The number of carbonyl (C=O) groups excluding carboxylic acids is 1. The molecule has 27 heavy (non-hydrogen) atoms. The second-order valence-electron chi connectivity index (χ2n) is 8.63. The average Bonchev–Trinajstić information content (AvgIpc) is 3.00. The number of benzene rings is 1. The van der Waals surface area contributed by atoms with Gasteiger partial charge in [-0.25, -0.2) is 4.68 Å². The van der Waals surface area contributed by atoms with Crippen molar-refractivity contribution in [3.63, 3.8) is 0 Å². The highest BCUT2D eigenvalue weighted by molar-refractivity contribution is 5.93. The van der Waals surface area contributed by atoms with E-state index in [0.717, 1.165) is 5.69 Å². The molecule has 1 aromatic heterocycles. The van der Waals surface area contributed by atoms with Crippen LogP contribution in [0.5, 0.6) is 5.75 Å². The monoisotopic (exact) mass is 368 g/mol. The highest BCUT2D eigenvalue weighted by Crippen LogP contribution is 2.28. The van der Waals surface area contributed by atoms with E-state index < -0.39 is 6.10 Å². The van der Waals surface area contributed by atoms with E-state index >= 15 is 0 Å². The van der Waals surface area contributed by atoms with Crippen LogP contribution in [0.4, 0.5) is 5.82 Å². The van der Waals surface area contributed by atoms with Gasteiger partial charge in [-0.3, -0.25) is 4.79 Å². The first-order valence-corrected chi connectivity index (χ1v) is 9.00. The number of rotatable bonds is 4. The molecule has 0 aliphatic rings. The summed E-state index contributed by atoms with van der Waals surface area (Å²) in [5, 5.41) is 16.5. The smallest absolute Gasteiger partial charge is 0.266 e. The Bertz CT molecular complexity index is 846. The standard InChI is InChI=1S/C21H28N4O2/c1-14(27-16-10-8-15(13-22)9-11-16)19(26)23-18-12-17(20(2,3)4)24-25(18)21(5,6)7/h8-12,14H,1-7H3,(H,23,26). The third-order valence-corrected chi connectivity index (χ3v) is 4.03. The maximum atomic E-state index is 12.6. The topological polar surface area (TPSA) is 79.9 Å². The van der Waals surface area contributed by atoms with Crippen LogP contribution in [0.2, 0.25) is 0 Å². The average molecular weight is 368 g/mol. The zero-order chi connectivity index (χ0) is 20.4. The van der Waals surface area contributed by atoms with Gasteiger partial charge < -0.3 is 10.1 Å². The molecule has 0 saturated heterocycles. The Labute approximate surface area is 161 Å². The third kappa shape index (κ3) is 5.10. The first kappa shape index (κ1) is 20.5. The molecule has 0 fully saturated rings. The lowest BCUT2D eigenvalue weighted by Gasteiger charge is -2.23. The predicted molar refractivity (Wildman–Crippen MR) is 106 cm³/mol. The summed E-state index contributed by atoms with van der Waals surface area (Å²) in [4.78, 5) is 12.6. The SMILES string of the molecule is CC(Oc1ccc(C#N)cc1)C(=O)Nc1cc(C(C)(C)C)nn1C(C)(C)C. The van der Waals surface area contributed by atoms with Crippen LogP contribution >= 0.6 is 0 Å². The maximum absolute atomic E-state index is 12.6. The van der Waals surface area contributed by atoms with Gasteiger partial charge in [-0.1, -0.05) is 20.8 Å². The van der Waals surface area contributed by atoms with Gasteiger partial charge in [-0.2, -0.15) is 10.4 Å². The molecule has 1 atom stereocenters. The first-order valence-electron chi connectivity index (χ1n) is 9.00. The number of hydrogen-bond acceptors (Lipinski definition) is 4. The van der Waals surface area contributed by atoms with Crippen LogP contribution in [0.3, 0.4) is 0 Å². The number of aromatic nitrogens is 2. The summed E-state index contributed by atoms with van der Waals surface area (Å²) in [5.74, 6) is 0.925. The highest BCUT2D eigenvalue weighted by Gasteiger charge is 2.27. The van der Waals surface area contributed by atoms with Crippen LogP contribution in [0, 0.1) is 11.3 Å². The summed E-state index contributed by atoms with van der Waals surface area (Å²) < 4.78 is 7.53. The van der Waals surface area contributed by atoms with E-state index in [2.05, 4.69) is 32.2 Å². The molecule has 0 aliphatic heterocycles. The van der Waals surface area contributed by atoms with Crippen molar-refractivity contribution in [2.24, 2.45) is 0 Å². The van der Waals surface area contributed by atoms with E-state index in [9.17, 15) is 4.79 Å². The quantitative estimate of drug-likeness (QED) is 0.876. The predicted octanol–water partition coefficient (Wildman–Crippen LogP) is 4.21. The summed E-state index contributed by atoms with van der Waals surface area (Å²) in [7, 11) is 0. The van der Waals surface area contributed by atoms with Crippen molar-refractivity contribution in [3.8, 4) is 11.8 Å². The van der Waals surface area contributed by atoms with Gasteiger partial charge in [0.2, 0.25) is 0 Å². The Balaban J connectivity index is 2.18. The summed E-state index contributed by atoms with van der Waals surface area (Å²) in [6.45, 7) is 14.1. The molecule has 0 spiro atoms. The normalized spacial score (nSPS) is 13.0. The molecular formula is C21H28N4O2. The molecule has 0 saturated carbocycles. The van der Waals surface area contributed by atoms with Crippen LogP contribution in [0.15, 0.2) is 30.3 Å². The molecule has 1 aromatic carbocycles. The molecule has 2 rings (SSSR count). The van der Waals surface area contributed by atoms with E-state index in [1.807, 2.05) is 31.5 Å². The molecule has 6 heteroatoms. The molecule has 1 N–H and O–H groups in total. The van der Waals surface area contributed by atoms with Gasteiger partial charge in [0.15, 0.2) is 6.10 Å². The van der Waals surface area contributed by atoms with Crippen molar-refractivity contribution >= 4 is 11.7 Å². The number of nitriles is 1. The van der Waals surface area contributed by atoms with Crippen molar-refractivity contribution in [2.45, 2.75) is 65.5 Å². The molecule has 0 radical (unpaired) electrons. The van der Waals surface area contributed by atoms with E-state index in [4.69, 9.17) is 15.1 Å². The summed E-state index contributed by atoms with van der Waals surface area (Å²) in [6.07, 6.45) is -0.695. The second-order valence-corrected chi connectivity index (χ2v) is 8.63. The van der Waals surface area contributed by atoms with Gasteiger partial charge in [0.05, 0.1) is 22.9 Å². The molecular weight excluding hydrogens is 340 g/mol. The van der Waals surface area contributed by atoms with Crippen LogP contribution in [0.1, 0.15) is 59.7 Å². The molecule has 0 bridgehead atoms. The van der Waals surface area contributed by atoms with Crippen LogP contribution in [0.25, 0.3) is 0 Å². The minimum Gasteiger partial charge on any atom is -0.481 e. The minimum absolute atomic E-state index is 0.124. The van der Waals surface area contributed by atoms with E-state index in [1.165, 1.54) is 0 Å². The second kappa shape index (κ2) is 7.43. The van der Waals surface area contributed by atoms with Crippen molar-refractivity contribution in [1.29, 1.82) is 5.26 Å². The zero-order valence-corrected chi connectivity index (χ0v) is 17.1. The number of nitrogens with zero attached hydrogens (tertiary/aromatic N) is 3. The Kier molecular flexibility index (Phi) is 5.65. The number of carbonyl (C=O) groups is 1. The first-order chi connectivity index (χ1) is 12.4. The van der Waals surface area contributed by atoms with Gasteiger partial charge >= 0.3 is 0 Å². The fraction of sp³-hybridized carbons (Fsp3) is 0.476. The van der Waals surface area contributed by atoms with E-state index in [0.29, 0.717) is 17.1 Å².